The lowest BCUT2D eigenvalue weighted by atomic mass is 10.2. The van der Waals surface area contributed by atoms with Gasteiger partial charge in [0.2, 0.25) is 0 Å². The number of primary amides is 1. The molecule has 86 valence electrons. The molecule has 0 spiro atoms. The van der Waals surface area contributed by atoms with Crippen molar-refractivity contribution >= 4 is 17.4 Å². The van der Waals surface area contributed by atoms with Crippen LogP contribution >= 0.6 is 0 Å². The van der Waals surface area contributed by atoms with Crippen LogP contribution in [0.15, 0.2) is 12.3 Å². The van der Waals surface area contributed by atoms with Gasteiger partial charge in [0.05, 0.1) is 29.6 Å². The minimum absolute atomic E-state index is 0.0647. The fourth-order valence-electron chi connectivity index (χ4n) is 1.28. The smallest absolute Gasteiger partial charge is 0.252 e. The van der Waals surface area contributed by atoms with Crippen LogP contribution in [-0.2, 0) is 0 Å². The van der Waals surface area contributed by atoms with Gasteiger partial charge in [-0.25, -0.2) is 4.98 Å². The fraction of sp³-hybridized carbons (Fsp3) is 0.200. The summed E-state index contributed by atoms with van der Waals surface area (Å²) in [7, 11) is 0. The molecule has 0 radical (unpaired) electrons. The molecule has 0 atom stereocenters. The van der Waals surface area contributed by atoms with E-state index in [0.29, 0.717) is 0 Å². The lowest BCUT2D eigenvalue weighted by molar-refractivity contribution is 0.100. The molecule has 1 aromatic rings. The number of nitrogen functional groups attached to an aromatic ring is 1. The van der Waals surface area contributed by atoms with Crippen molar-refractivity contribution in [2.45, 2.75) is 0 Å². The van der Waals surface area contributed by atoms with E-state index in [9.17, 15) is 4.79 Å². The van der Waals surface area contributed by atoms with Crippen LogP contribution in [0.3, 0.4) is 0 Å². The van der Waals surface area contributed by atoms with Crippen molar-refractivity contribution in [2.75, 3.05) is 23.7 Å². The molecule has 1 amide bonds. The Morgan fingerprint density at radius 1 is 1.41 bits per heavy atom. The summed E-state index contributed by atoms with van der Waals surface area (Å²) < 4.78 is 0. The van der Waals surface area contributed by atoms with Crippen LogP contribution in [0, 0.1) is 22.7 Å². The van der Waals surface area contributed by atoms with E-state index < -0.39 is 5.91 Å². The zero-order chi connectivity index (χ0) is 12.8. The quantitative estimate of drug-likeness (QED) is 0.677. The van der Waals surface area contributed by atoms with Gasteiger partial charge in [0, 0.05) is 0 Å². The minimum atomic E-state index is -0.708. The molecule has 0 aliphatic heterocycles. The van der Waals surface area contributed by atoms with Gasteiger partial charge >= 0.3 is 0 Å². The molecule has 0 aromatic carbocycles. The fourth-order valence-corrected chi connectivity index (χ4v) is 1.28. The molecule has 0 bridgehead atoms. The van der Waals surface area contributed by atoms with Gasteiger partial charge in [0.25, 0.3) is 5.91 Å². The zero-order valence-corrected chi connectivity index (χ0v) is 8.92. The van der Waals surface area contributed by atoms with Crippen molar-refractivity contribution < 1.29 is 4.79 Å². The highest BCUT2D eigenvalue weighted by molar-refractivity contribution is 5.98. The molecule has 17 heavy (non-hydrogen) atoms. The number of carbonyl (C=O) groups is 1. The van der Waals surface area contributed by atoms with E-state index >= 15 is 0 Å². The molecule has 1 heterocycles. The molecule has 1 aromatic heterocycles. The molecule has 7 heteroatoms. The van der Waals surface area contributed by atoms with Crippen LogP contribution in [0.5, 0.6) is 0 Å². The maximum absolute atomic E-state index is 11.2. The van der Waals surface area contributed by atoms with Gasteiger partial charge in [0.15, 0.2) is 0 Å². The van der Waals surface area contributed by atoms with E-state index in [2.05, 4.69) is 4.98 Å². The third-order valence-electron chi connectivity index (χ3n) is 1.98. The van der Waals surface area contributed by atoms with Crippen LogP contribution in [0.2, 0.25) is 0 Å². The maximum atomic E-state index is 11.2. The summed E-state index contributed by atoms with van der Waals surface area (Å²) in [5, 5.41) is 17.3. The first-order valence-electron chi connectivity index (χ1n) is 4.64. The van der Waals surface area contributed by atoms with E-state index in [1.807, 2.05) is 12.1 Å². The third kappa shape index (κ3) is 2.83. The molecule has 0 aliphatic carbocycles. The number of nitriles is 2. The minimum Gasteiger partial charge on any atom is -0.397 e. The Morgan fingerprint density at radius 3 is 2.47 bits per heavy atom. The van der Waals surface area contributed by atoms with Crippen molar-refractivity contribution in [1.29, 1.82) is 10.5 Å². The predicted molar refractivity (Wildman–Crippen MR) is 60.6 cm³/mol. The Morgan fingerprint density at radius 2 is 2.00 bits per heavy atom. The molecule has 0 fully saturated rings. The molecular formula is C10H10N6O. The number of carbonyl (C=O) groups excluding carboxylic acids is 1. The Balaban J connectivity index is 3.23. The van der Waals surface area contributed by atoms with Crippen LogP contribution in [0.4, 0.5) is 11.5 Å². The van der Waals surface area contributed by atoms with Gasteiger partial charge in [-0.3, -0.25) is 4.79 Å². The summed E-state index contributed by atoms with van der Waals surface area (Å²) in [5.74, 6) is -0.518. The van der Waals surface area contributed by atoms with E-state index in [0.717, 1.165) is 0 Å². The summed E-state index contributed by atoms with van der Waals surface area (Å²) >= 11 is 0. The third-order valence-corrected chi connectivity index (χ3v) is 1.98. The Hall–Kier alpha value is -2.80. The van der Waals surface area contributed by atoms with Crippen LogP contribution in [0.1, 0.15) is 10.4 Å². The van der Waals surface area contributed by atoms with Crippen LogP contribution in [0.25, 0.3) is 0 Å². The van der Waals surface area contributed by atoms with Gasteiger partial charge in [-0.1, -0.05) is 0 Å². The summed E-state index contributed by atoms with van der Waals surface area (Å²) in [6.45, 7) is -0.129. The lowest BCUT2D eigenvalue weighted by Crippen LogP contribution is -2.28. The number of anilines is 2. The number of hydrogen-bond acceptors (Lipinski definition) is 6. The topological polar surface area (TPSA) is 133 Å². The average molecular weight is 230 g/mol. The monoisotopic (exact) mass is 230 g/mol. The van der Waals surface area contributed by atoms with Crippen molar-refractivity contribution in [3.05, 3.63) is 17.8 Å². The highest BCUT2D eigenvalue weighted by atomic mass is 16.1. The second-order valence-corrected chi connectivity index (χ2v) is 3.18. The van der Waals surface area contributed by atoms with E-state index in [1.54, 1.807) is 0 Å². The highest BCUT2D eigenvalue weighted by Gasteiger charge is 2.16. The normalized spacial score (nSPS) is 9.06. The lowest BCUT2D eigenvalue weighted by Gasteiger charge is -2.19. The van der Waals surface area contributed by atoms with E-state index in [-0.39, 0.29) is 30.2 Å². The number of amides is 1. The zero-order valence-electron chi connectivity index (χ0n) is 8.92. The standard InChI is InChI=1S/C10H10N6O/c11-1-3-16(4-2-12)10-8(9(14)17)5-7(13)6-15-10/h5-6H,3-4,13H2,(H2,14,17). The van der Waals surface area contributed by atoms with Crippen molar-refractivity contribution in [3.8, 4) is 12.1 Å². The van der Waals surface area contributed by atoms with E-state index in [4.69, 9.17) is 22.0 Å². The molecule has 0 unspecified atom stereocenters. The highest BCUT2D eigenvalue weighted by Crippen LogP contribution is 2.19. The number of hydrogen-bond donors (Lipinski definition) is 2. The van der Waals surface area contributed by atoms with Gasteiger partial charge in [0.1, 0.15) is 18.9 Å². The van der Waals surface area contributed by atoms with Crippen molar-refractivity contribution in [2.24, 2.45) is 5.73 Å². The molecule has 7 nitrogen and oxygen atoms in total. The summed E-state index contributed by atoms with van der Waals surface area (Å²) in [6, 6.07) is 5.13. The van der Waals surface area contributed by atoms with Crippen molar-refractivity contribution in [3.63, 3.8) is 0 Å². The van der Waals surface area contributed by atoms with Crippen LogP contribution in [-0.4, -0.2) is 24.0 Å². The van der Waals surface area contributed by atoms with Gasteiger partial charge in [-0.15, -0.1) is 0 Å². The SMILES string of the molecule is N#CCN(CC#N)c1ncc(N)cc1C(N)=O. The molecule has 0 aliphatic rings. The summed E-state index contributed by atoms with van der Waals surface area (Å²) in [5.41, 5.74) is 11.1. The van der Waals surface area contributed by atoms with Gasteiger partial charge in [-0.2, -0.15) is 10.5 Å². The van der Waals surface area contributed by atoms with Crippen molar-refractivity contribution in [1.82, 2.24) is 4.98 Å². The summed E-state index contributed by atoms with van der Waals surface area (Å²) in [6.07, 6.45) is 1.34. The Bertz CT molecular complexity index is 497. The summed E-state index contributed by atoms with van der Waals surface area (Å²) in [4.78, 5) is 16.5. The predicted octanol–water partition coefficient (Wildman–Crippen LogP) is -0.384. The molecule has 1 rings (SSSR count). The Kier molecular flexibility index (Phi) is 3.85. The van der Waals surface area contributed by atoms with Gasteiger partial charge in [-0.05, 0) is 6.07 Å². The van der Waals surface area contributed by atoms with Crippen LogP contribution < -0.4 is 16.4 Å². The largest absolute Gasteiger partial charge is 0.397 e. The Labute approximate surface area is 97.9 Å². The molecule has 0 saturated carbocycles. The second kappa shape index (κ2) is 5.33. The molecule has 4 N–H and O–H groups in total. The first-order chi connectivity index (χ1) is 8.10. The molecule has 0 saturated heterocycles. The van der Waals surface area contributed by atoms with Gasteiger partial charge < -0.3 is 16.4 Å². The maximum Gasteiger partial charge on any atom is 0.252 e. The number of nitrogens with two attached hydrogens (primary N) is 2. The van der Waals surface area contributed by atoms with E-state index in [1.165, 1.54) is 17.2 Å². The molecular weight excluding hydrogens is 220 g/mol. The number of aromatic nitrogens is 1. The first-order valence-corrected chi connectivity index (χ1v) is 4.64. The number of pyridine rings is 1. The average Bonchev–Trinajstić information content (AvgIpc) is 2.28. The first kappa shape index (κ1) is 12.3. The number of nitrogens with zero attached hydrogens (tertiary/aromatic N) is 4. The second-order valence-electron chi connectivity index (χ2n) is 3.18. The number of rotatable bonds is 4.